The van der Waals surface area contributed by atoms with Gasteiger partial charge < -0.3 is 10.1 Å². The third-order valence-corrected chi connectivity index (χ3v) is 2.93. The average molecular weight is 318 g/mol. The van der Waals surface area contributed by atoms with Crippen LogP contribution in [0.4, 0.5) is 5.69 Å². The number of nitrogens with zero attached hydrogens (tertiary/aromatic N) is 1. The number of carbonyl (C=O) groups excluding carboxylic acids is 1. The lowest BCUT2D eigenvalue weighted by atomic mass is 10.2. The standard InChI is InChI=1S/C20H18N2O2/c1-2-24-20(23)14-11-17-9-12-19(13-10-17)22-16-6-4-8-18-7-3-5-15-21-18/h3,5,7,9-10,12-13,15,22H,2,6,16H2,1H3. The summed E-state index contributed by atoms with van der Waals surface area (Å²) in [5.41, 5.74) is 2.53. The van der Waals surface area contributed by atoms with E-state index < -0.39 is 5.97 Å². The first-order valence-electron chi connectivity index (χ1n) is 7.70. The molecule has 0 radical (unpaired) electrons. The molecule has 1 aromatic carbocycles. The van der Waals surface area contributed by atoms with Gasteiger partial charge in [0, 0.05) is 36.3 Å². The van der Waals surface area contributed by atoms with E-state index in [4.69, 9.17) is 4.74 Å². The molecule has 0 amide bonds. The van der Waals surface area contributed by atoms with Crippen LogP contribution < -0.4 is 5.32 Å². The Labute approximate surface area is 142 Å². The van der Waals surface area contributed by atoms with Gasteiger partial charge in [-0.05, 0) is 49.2 Å². The Hall–Kier alpha value is -3.24. The minimum absolute atomic E-state index is 0.333. The van der Waals surface area contributed by atoms with E-state index in [0.717, 1.165) is 29.9 Å². The van der Waals surface area contributed by atoms with Crippen molar-refractivity contribution in [2.24, 2.45) is 0 Å². The summed E-state index contributed by atoms with van der Waals surface area (Å²) in [5, 5.41) is 3.28. The number of carbonyl (C=O) groups is 1. The van der Waals surface area contributed by atoms with Gasteiger partial charge in [-0.1, -0.05) is 17.9 Å². The van der Waals surface area contributed by atoms with E-state index in [0.29, 0.717) is 6.61 Å². The van der Waals surface area contributed by atoms with Gasteiger partial charge in [0.05, 0.1) is 6.61 Å². The van der Waals surface area contributed by atoms with E-state index in [-0.39, 0.29) is 0 Å². The first-order chi connectivity index (χ1) is 11.8. The fraction of sp³-hybridized carbons (Fsp3) is 0.200. The monoisotopic (exact) mass is 318 g/mol. The van der Waals surface area contributed by atoms with Gasteiger partial charge in [-0.15, -0.1) is 0 Å². The lowest BCUT2D eigenvalue weighted by molar-refractivity contribution is -0.136. The van der Waals surface area contributed by atoms with Crippen molar-refractivity contribution in [1.29, 1.82) is 0 Å². The third-order valence-electron chi connectivity index (χ3n) is 2.93. The van der Waals surface area contributed by atoms with Gasteiger partial charge in [-0.2, -0.15) is 0 Å². The zero-order valence-electron chi connectivity index (χ0n) is 13.5. The lowest BCUT2D eigenvalue weighted by Gasteiger charge is -2.03. The maximum atomic E-state index is 11.2. The number of benzene rings is 1. The highest BCUT2D eigenvalue weighted by molar-refractivity contribution is 5.89. The molecule has 0 aliphatic carbocycles. The van der Waals surface area contributed by atoms with Crippen molar-refractivity contribution in [1.82, 2.24) is 4.98 Å². The van der Waals surface area contributed by atoms with E-state index in [1.165, 1.54) is 0 Å². The minimum atomic E-state index is -0.508. The first-order valence-corrected chi connectivity index (χ1v) is 7.70. The van der Waals surface area contributed by atoms with Crippen LogP contribution in [-0.2, 0) is 9.53 Å². The Morgan fingerprint density at radius 3 is 2.71 bits per heavy atom. The van der Waals surface area contributed by atoms with Crippen molar-refractivity contribution in [3.63, 3.8) is 0 Å². The Kier molecular flexibility index (Phi) is 6.93. The summed E-state index contributed by atoms with van der Waals surface area (Å²) in [7, 11) is 0. The predicted molar refractivity (Wildman–Crippen MR) is 94.2 cm³/mol. The summed E-state index contributed by atoms with van der Waals surface area (Å²) in [4.78, 5) is 15.3. The summed E-state index contributed by atoms with van der Waals surface area (Å²) >= 11 is 0. The number of pyridine rings is 1. The van der Waals surface area contributed by atoms with Crippen molar-refractivity contribution in [2.45, 2.75) is 13.3 Å². The van der Waals surface area contributed by atoms with E-state index in [1.807, 2.05) is 42.5 Å². The molecule has 0 saturated carbocycles. The first kappa shape index (κ1) is 17.1. The molecule has 0 atom stereocenters. The zero-order chi connectivity index (χ0) is 17.0. The lowest BCUT2D eigenvalue weighted by Crippen LogP contribution is -2.00. The minimum Gasteiger partial charge on any atom is -0.456 e. The summed E-state index contributed by atoms with van der Waals surface area (Å²) in [6.07, 6.45) is 2.45. The molecule has 0 fully saturated rings. The number of anilines is 1. The topological polar surface area (TPSA) is 51.2 Å². The molecule has 4 nitrogen and oxygen atoms in total. The van der Waals surface area contributed by atoms with Gasteiger partial charge in [0.15, 0.2) is 0 Å². The van der Waals surface area contributed by atoms with E-state index in [2.05, 4.69) is 34.0 Å². The zero-order valence-corrected chi connectivity index (χ0v) is 13.5. The van der Waals surface area contributed by atoms with Crippen LogP contribution in [0.3, 0.4) is 0 Å². The largest absolute Gasteiger partial charge is 0.456 e. The quantitative estimate of drug-likeness (QED) is 0.535. The molecule has 2 aromatic rings. The van der Waals surface area contributed by atoms with Gasteiger partial charge in [0.25, 0.3) is 0 Å². The number of hydrogen-bond acceptors (Lipinski definition) is 4. The second-order valence-corrected chi connectivity index (χ2v) is 4.74. The van der Waals surface area contributed by atoms with Crippen molar-refractivity contribution in [3.8, 4) is 23.7 Å². The number of esters is 1. The van der Waals surface area contributed by atoms with Crippen LogP contribution in [0.15, 0.2) is 48.7 Å². The Morgan fingerprint density at radius 2 is 2.00 bits per heavy atom. The maximum Gasteiger partial charge on any atom is 0.384 e. The molecular weight excluding hydrogens is 300 g/mol. The van der Waals surface area contributed by atoms with Gasteiger partial charge in [-0.3, -0.25) is 0 Å². The van der Waals surface area contributed by atoms with Gasteiger partial charge >= 0.3 is 5.97 Å². The summed E-state index contributed by atoms with van der Waals surface area (Å²) in [6, 6.07) is 13.2. The van der Waals surface area contributed by atoms with Crippen LogP contribution in [0, 0.1) is 23.7 Å². The highest BCUT2D eigenvalue weighted by Crippen LogP contribution is 2.08. The molecular formula is C20H18N2O2. The Bertz CT molecular complexity index is 776. The summed E-state index contributed by atoms with van der Waals surface area (Å²) in [6.45, 7) is 2.83. The normalized spacial score (nSPS) is 9.04. The smallest absolute Gasteiger partial charge is 0.384 e. The molecule has 0 bridgehead atoms. The van der Waals surface area contributed by atoms with Crippen LogP contribution in [0.5, 0.6) is 0 Å². The van der Waals surface area contributed by atoms with Crippen LogP contribution in [0.2, 0.25) is 0 Å². The van der Waals surface area contributed by atoms with E-state index in [1.54, 1.807) is 13.1 Å². The molecule has 0 aliphatic heterocycles. The second kappa shape index (κ2) is 9.71. The molecule has 1 aromatic heterocycles. The number of ether oxygens (including phenoxy) is 1. The summed E-state index contributed by atoms with van der Waals surface area (Å²) in [5.74, 6) is 10.8. The van der Waals surface area contributed by atoms with Crippen LogP contribution in [-0.4, -0.2) is 24.1 Å². The average Bonchev–Trinajstić information content (AvgIpc) is 2.62. The number of rotatable bonds is 4. The van der Waals surface area contributed by atoms with Gasteiger partial charge in [-0.25, -0.2) is 9.78 Å². The molecule has 0 aliphatic rings. The van der Waals surface area contributed by atoms with Crippen molar-refractivity contribution < 1.29 is 9.53 Å². The van der Waals surface area contributed by atoms with Crippen LogP contribution in [0.25, 0.3) is 0 Å². The number of hydrogen-bond donors (Lipinski definition) is 1. The second-order valence-electron chi connectivity index (χ2n) is 4.74. The highest BCUT2D eigenvalue weighted by Gasteiger charge is 1.94. The molecule has 1 heterocycles. The summed E-state index contributed by atoms with van der Waals surface area (Å²) < 4.78 is 4.75. The van der Waals surface area contributed by atoms with Gasteiger partial charge in [0.2, 0.25) is 0 Å². The molecule has 0 unspecified atom stereocenters. The number of aromatic nitrogens is 1. The van der Waals surface area contributed by atoms with Crippen LogP contribution in [0.1, 0.15) is 24.6 Å². The molecule has 2 rings (SSSR count). The number of nitrogens with one attached hydrogen (secondary N) is 1. The molecule has 0 spiro atoms. The predicted octanol–water partition coefficient (Wildman–Crippen LogP) is 2.85. The Balaban J connectivity index is 1.78. The SMILES string of the molecule is CCOC(=O)C#Cc1ccc(NCCC#Cc2ccccn2)cc1. The maximum absolute atomic E-state index is 11.2. The molecule has 120 valence electrons. The fourth-order valence-corrected chi connectivity index (χ4v) is 1.82. The fourth-order valence-electron chi connectivity index (χ4n) is 1.82. The van der Waals surface area contributed by atoms with E-state index >= 15 is 0 Å². The van der Waals surface area contributed by atoms with Crippen LogP contribution >= 0.6 is 0 Å². The van der Waals surface area contributed by atoms with Crippen molar-refractivity contribution in [3.05, 3.63) is 59.9 Å². The molecule has 0 saturated heterocycles. The molecule has 4 heteroatoms. The molecule has 24 heavy (non-hydrogen) atoms. The Morgan fingerprint density at radius 1 is 1.17 bits per heavy atom. The van der Waals surface area contributed by atoms with E-state index in [9.17, 15) is 4.79 Å². The molecule has 1 N–H and O–H groups in total. The van der Waals surface area contributed by atoms with Crippen molar-refractivity contribution >= 4 is 11.7 Å². The van der Waals surface area contributed by atoms with Crippen molar-refractivity contribution in [2.75, 3.05) is 18.5 Å². The third kappa shape index (κ3) is 6.25. The highest BCUT2D eigenvalue weighted by atomic mass is 16.5. The van der Waals surface area contributed by atoms with Gasteiger partial charge in [0.1, 0.15) is 5.69 Å².